The van der Waals surface area contributed by atoms with Crippen LogP contribution in [0.3, 0.4) is 0 Å². The number of methoxy groups -OCH3 is 2. The first kappa shape index (κ1) is 19.1. The van der Waals surface area contributed by atoms with Crippen molar-refractivity contribution in [1.82, 2.24) is 5.43 Å². The van der Waals surface area contributed by atoms with Gasteiger partial charge in [0.15, 0.2) is 11.5 Å². The van der Waals surface area contributed by atoms with E-state index in [1.807, 2.05) is 13.8 Å². The number of hydrogen-bond acceptors (Lipinski definition) is 6. The summed E-state index contributed by atoms with van der Waals surface area (Å²) >= 11 is 0. The summed E-state index contributed by atoms with van der Waals surface area (Å²) in [5.41, 5.74) is 3.50. The predicted molar refractivity (Wildman–Crippen MR) is 98.5 cm³/mol. The third kappa shape index (κ3) is 4.89. The molecule has 0 radical (unpaired) electrons. The van der Waals surface area contributed by atoms with Gasteiger partial charge >= 0.3 is 0 Å². The van der Waals surface area contributed by atoms with Crippen LogP contribution in [0, 0.1) is 0 Å². The van der Waals surface area contributed by atoms with Crippen LogP contribution < -0.4 is 19.6 Å². The highest BCUT2D eigenvalue weighted by Gasteiger charge is 2.10. The molecule has 2 aromatic carbocycles. The van der Waals surface area contributed by atoms with Crippen molar-refractivity contribution in [3.63, 3.8) is 0 Å². The Morgan fingerprint density at radius 3 is 2.19 bits per heavy atom. The third-order valence-corrected chi connectivity index (χ3v) is 3.37. The minimum Gasteiger partial charge on any atom is -0.502 e. The molecule has 1 amide bonds. The molecule has 2 aromatic rings. The normalized spacial score (nSPS) is 10.8. The molecule has 2 rings (SSSR count). The Bertz CT molecular complexity index is 760. The number of hydrazone groups is 1. The number of benzene rings is 2. The molecule has 7 heteroatoms. The number of phenols is 1. The van der Waals surface area contributed by atoms with Crippen molar-refractivity contribution in [3.8, 4) is 23.0 Å². The van der Waals surface area contributed by atoms with E-state index >= 15 is 0 Å². The molecule has 0 saturated carbocycles. The Labute approximate surface area is 152 Å². The second-order valence-corrected chi connectivity index (χ2v) is 5.66. The number of rotatable bonds is 7. The predicted octanol–water partition coefficient (Wildman–Crippen LogP) is 2.96. The smallest absolute Gasteiger partial charge is 0.271 e. The number of nitrogens with zero attached hydrogens (tertiary/aromatic N) is 1. The van der Waals surface area contributed by atoms with E-state index in [9.17, 15) is 9.90 Å². The summed E-state index contributed by atoms with van der Waals surface area (Å²) in [6, 6.07) is 9.93. The molecule has 0 fully saturated rings. The van der Waals surface area contributed by atoms with Crippen LogP contribution in [0.15, 0.2) is 41.5 Å². The molecule has 2 N–H and O–H groups in total. The lowest BCUT2D eigenvalue weighted by Gasteiger charge is -2.10. The van der Waals surface area contributed by atoms with Gasteiger partial charge in [0.25, 0.3) is 5.91 Å². The molecule has 0 spiro atoms. The first-order chi connectivity index (χ1) is 12.4. The number of nitrogens with one attached hydrogen (secondary N) is 1. The van der Waals surface area contributed by atoms with Gasteiger partial charge < -0.3 is 19.3 Å². The van der Waals surface area contributed by atoms with Gasteiger partial charge in [-0.15, -0.1) is 0 Å². The van der Waals surface area contributed by atoms with Crippen molar-refractivity contribution < 1.29 is 24.1 Å². The lowest BCUT2D eigenvalue weighted by atomic mass is 10.2. The minimum atomic E-state index is -0.352. The summed E-state index contributed by atoms with van der Waals surface area (Å²) in [7, 11) is 2.87. The first-order valence-electron chi connectivity index (χ1n) is 7.99. The number of carbonyl (C=O) groups is 1. The van der Waals surface area contributed by atoms with Gasteiger partial charge in [0.05, 0.1) is 26.5 Å². The van der Waals surface area contributed by atoms with E-state index in [-0.39, 0.29) is 29.3 Å². The van der Waals surface area contributed by atoms with Gasteiger partial charge in [-0.3, -0.25) is 4.79 Å². The second kappa shape index (κ2) is 8.75. The van der Waals surface area contributed by atoms with Gasteiger partial charge in [0.2, 0.25) is 5.75 Å². The van der Waals surface area contributed by atoms with Crippen LogP contribution in [0.1, 0.15) is 29.8 Å². The Balaban J connectivity index is 2.04. The number of phenolic OH excluding ortho intramolecular Hbond substituents is 1. The molecule has 0 saturated heterocycles. The van der Waals surface area contributed by atoms with Gasteiger partial charge in [-0.05, 0) is 50.2 Å². The maximum Gasteiger partial charge on any atom is 0.271 e. The minimum absolute atomic E-state index is 0.0681. The summed E-state index contributed by atoms with van der Waals surface area (Å²) in [6.07, 6.45) is 1.50. The third-order valence-electron chi connectivity index (χ3n) is 3.37. The molecular weight excluding hydrogens is 336 g/mol. The molecule has 138 valence electrons. The van der Waals surface area contributed by atoms with E-state index in [0.29, 0.717) is 16.9 Å². The van der Waals surface area contributed by atoms with Crippen molar-refractivity contribution >= 4 is 12.1 Å². The lowest BCUT2D eigenvalue weighted by Crippen LogP contribution is -2.17. The molecule has 0 aliphatic carbocycles. The molecular formula is C19H22N2O5. The summed E-state index contributed by atoms with van der Waals surface area (Å²) in [6.45, 7) is 3.87. The van der Waals surface area contributed by atoms with E-state index in [1.165, 1.54) is 20.4 Å². The van der Waals surface area contributed by atoms with Crippen molar-refractivity contribution in [2.45, 2.75) is 20.0 Å². The number of carbonyl (C=O) groups excluding carboxylic acids is 1. The summed E-state index contributed by atoms with van der Waals surface area (Å²) in [5.74, 6) is 0.744. The lowest BCUT2D eigenvalue weighted by molar-refractivity contribution is 0.0955. The molecule has 0 heterocycles. The summed E-state index contributed by atoms with van der Waals surface area (Å²) in [4.78, 5) is 12.1. The van der Waals surface area contributed by atoms with E-state index in [1.54, 1.807) is 36.4 Å². The van der Waals surface area contributed by atoms with Crippen LogP contribution in [0.5, 0.6) is 23.0 Å². The molecule has 0 aliphatic heterocycles. The average molecular weight is 358 g/mol. The maximum atomic E-state index is 12.1. The van der Waals surface area contributed by atoms with Crippen LogP contribution in [-0.4, -0.2) is 37.6 Å². The fraction of sp³-hybridized carbons (Fsp3) is 0.263. The Morgan fingerprint density at radius 1 is 1.12 bits per heavy atom. The van der Waals surface area contributed by atoms with Crippen LogP contribution >= 0.6 is 0 Å². The first-order valence-corrected chi connectivity index (χ1v) is 7.99. The van der Waals surface area contributed by atoms with Crippen LogP contribution in [0.25, 0.3) is 0 Å². The Morgan fingerprint density at radius 2 is 1.69 bits per heavy atom. The largest absolute Gasteiger partial charge is 0.502 e. The van der Waals surface area contributed by atoms with Gasteiger partial charge in [0, 0.05) is 11.1 Å². The van der Waals surface area contributed by atoms with Crippen LogP contribution in [0.4, 0.5) is 0 Å². The zero-order valence-electron chi connectivity index (χ0n) is 15.1. The quantitative estimate of drug-likeness (QED) is 0.587. The summed E-state index contributed by atoms with van der Waals surface area (Å²) in [5, 5.41) is 13.8. The Hall–Kier alpha value is -3.22. The van der Waals surface area contributed by atoms with Gasteiger partial charge in [-0.25, -0.2) is 5.43 Å². The molecule has 0 atom stereocenters. The van der Waals surface area contributed by atoms with Crippen LogP contribution in [0.2, 0.25) is 0 Å². The van der Waals surface area contributed by atoms with E-state index in [2.05, 4.69) is 10.5 Å². The molecule has 0 aromatic heterocycles. The zero-order valence-corrected chi connectivity index (χ0v) is 15.1. The van der Waals surface area contributed by atoms with Gasteiger partial charge in [-0.2, -0.15) is 5.10 Å². The fourth-order valence-electron chi connectivity index (χ4n) is 2.18. The van der Waals surface area contributed by atoms with Gasteiger partial charge in [0.1, 0.15) is 5.75 Å². The topological polar surface area (TPSA) is 89.4 Å². The molecule has 0 unspecified atom stereocenters. The zero-order chi connectivity index (χ0) is 19.1. The Kier molecular flexibility index (Phi) is 6.43. The maximum absolute atomic E-state index is 12.1. The highest BCUT2D eigenvalue weighted by Crippen LogP contribution is 2.36. The molecule has 0 bridgehead atoms. The highest BCUT2D eigenvalue weighted by molar-refractivity contribution is 5.95. The van der Waals surface area contributed by atoms with Crippen LogP contribution in [-0.2, 0) is 0 Å². The van der Waals surface area contributed by atoms with Crippen molar-refractivity contribution in [2.75, 3.05) is 14.2 Å². The average Bonchev–Trinajstić information content (AvgIpc) is 2.62. The second-order valence-electron chi connectivity index (χ2n) is 5.66. The number of aromatic hydroxyl groups is 1. The van der Waals surface area contributed by atoms with Gasteiger partial charge in [-0.1, -0.05) is 0 Å². The standard InChI is InChI=1S/C19H22N2O5/c1-12(2)26-15-7-5-14(6-8-15)19(23)21-20-11-13-9-16(24-3)18(22)17(10-13)25-4/h5-12,22H,1-4H3,(H,21,23)/b20-11+. The number of amides is 1. The van der Waals surface area contributed by atoms with E-state index in [4.69, 9.17) is 14.2 Å². The van der Waals surface area contributed by atoms with E-state index < -0.39 is 0 Å². The monoisotopic (exact) mass is 358 g/mol. The number of hydrogen-bond donors (Lipinski definition) is 2. The van der Waals surface area contributed by atoms with E-state index in [0.717, 1.165) is 0 Å². The summed E-state index contributed by atoms with van der Waals surface area (Å²) < 4.78 is 15.7. The van der Waals surface area contributed by atoms with Crippen molar-refractivity contribution in [3.05, 3.63) is 47.5 Å². The van der Waals surface area contributed by atoms with Crippen molar-refractivity contribution in [2.24, 2.45) is 5.10 Å². The number of ether oxygens (including phenoxy) is 3. The SMILES string of the molecule is COc1cc(/C=N/NC(=O)c2ccc(OC(C)C)cc2)cc(OC)c1O. The molecule has 26 heavy (non-hydrogen) atoms. The van der Waals surface area contributed by atoms with Crippen molar-refractivity contribution in [1.29, 1.82) is 0 Å². The molecule has 0 aliphatic rings. The highest BCUT2D eigenvalue weighted by atomic mass is 16.5. The fourth-order valence-corrected chi connectivity index (χ4v) is 2.18. The molecule has 7 nitrogen and oxygen atoms in total.